The average molecular weight is 262 g/mol. The molecule has 0 heterocycles. The molecule has 0 saturated carbocycles. The summed E-state index contributed by atoms with van der Waals surface area (Å²) in [5.41, 5.74) is 0.446. The molecule has 104 valence electrons. The van der Waals surface area contributed by atoms with Crippen molar-refractivity contribution in [2.75, 3.05) is 0 Å². The number of carbonyl (C=O) groups is 2. The van der Waals surface area contributed by atoms with E-state index in [0.29, 0.717) is 12.0 Å². The van der Waals surface area contributed by atoms with Gasteiger partial charge < -0.3 is 5.11 Å². The summed E-state index contributed by atoms with van der Waals surface area (Å²) in [5, 5.41) is 9.03. The van der Waals surface area contributed by atoms with Crippen LogP contribution in [0, 0.1) is 0 Å². The van der Waals surface area contributed by atoms with Crippen molar-refractivity contribution in [3.05, 3.63) is 35.4 Å². The normalized spacial score (nSPS) is 10.4. The molecule has 1 aromatic carbocycles. The van der Waals surface area contributed by atoms with E-state index in [1.807, 2.05) is 0 Å². The van der Waals surface area contributed by atoms with Gasteiger partial charge in [-0.2, -0.15) is 0 Å². The van der Waals surface area contributed by atoms with Crippen molar-refractivity contribution in [3.63, 3.8) is 0 Å². The first kappa shape index (κ1) is 15.4. The fourth-order valence-electron chi connectivity index (χ4n) is 2.11. The molecule has 1 rings (SSSR count). The molecule has 1 aromatic rings. The Bertz CT molecular complexity index is 424. The van der Waals surface area contributed by atoms with E-state index in [-0.39, 0.29) is 11.3 Å². The number of carboxylic acid groups (broad SMARTS) is 1. The number of hydrogen-bond acceptors (Lipinski definition) is 2. The molecule has 0 saturated heterocycles. The van der Waals surface area contributed by atoms with Crippen LogP contribution in [0.4, 0.5) is 0 Å². The average Bonchev–Trinajstić information content (AvgIpc) is 2.42. The largest absolute Gasteiger partial charge is 0.478 e. The molecule has 3 heteroatoms. The maximum atomic E-state index is 12.0. The number of unbranched alkanes of at least 4 members (excludes halogenated alkanes) is 5. The maximum absolute atomic E-state index is 12.0. The van der Waals surface area contributed by atoms with E-state index >= 15 is 0 Å². The third kappa shape index (κ3) is 5.25. The fourth-order valence-corrected chi connectivity index (χ4v) is 2.11. The van der Waals surface area contributed by atoms with Crippen LogP contribution in [0.15, 0.2) is 24.3 Å². The summed E-state index contributed by atoms with van der Waals surface area (Å²) in [7, 11) is 0. The van der Waals surface area contributed by atoms with Crippen LogP contribution in [-0.2, 0) is 0 Å². The SMILES string of the molecule is CCCCCCCCC(=O)c1ccccc1C(=O)O. The molecule has 0 aliphatic rings. The van der Waals surface area contributed by atoms with Gasteiger partial charge in [0.15, 0.2) is 5.78 Å². The second-order valence-corrected chi connectivity index (χ2v) is 4.79. The summed E-state index contributed by atoms with van der Waals surface area (Å²) in [6.07, 6.45) is 7.16. The van der Waals surface area contributed by atoms with Crippen molar-refractivity contribution < 1.29 is 14.7 Å². The highest BCUT2D eigenvalue weighted by Gasteiger charge is 2.14. The summed E-state index contributed by atoms with van der Waals surface area (Å²) >= 11 is 0. The number of hydrogen-bond donors (Lipinski definition) is 1. The van der Waals surface area contributed by atoms with Gasteiger partial charge in [0, 0.05) is 12.0 Å². The molecule has 0 bridgehead atoms. The monoisotopic (exact) mass is 262 g/mol. The Hall–Kier alpha value is -1.64. The van der Waals surface area contributed by atoms with Gasteiger partial charge in [-0.05, 0) is 12.5 Å². The Morgan fingerprint density at radius 3 is 2.16 bits per heavy atom. The molecule has 0 spiro atoms. The van der Waals surface area contributed by atoms with Crippen molar-refractivity contribution in [3.8, 4) is 0 Å². The number of carbonyl (C=O) groups excluding carboxylic acids is 1. The van der Waals surface area contributed by atoms with Crippen molar-refractivity contribution >= 4 is 11.8 Å². The van der Waals surface area contributed by atoms with Crippen molar-refractivity contribution in [1.29, 1.82) is 0 Å². The van der Waals surface area contributed by atoms with Crippen LogP contribution >= 0.6 is 0 Å². The van der Waals surface area contributed by atoms with E-state index < -0.39 is 5.97 Å². The minimum absolute atomic E-state index is 0.0616. The van der Waals surface area contributed by atoms with Gasteiger partial charge in [0.25, 0.3) is 0 Å². The minimum Gasteiger partial charge on any atom is -0.478 e. The van der Waals surface area contributed by atoms with Gasteiger partial charge in [-0.3, -0.25) is 4.79 Å². The highest BCUT2D eigenvalue weighted by atomic mass is 16.4. The number of aromatic carboxylic acids is 1. The topological polar surface area (TPSA) is 54.4 Å². The number of carboxylic acids is 1. The smallest absolute Gasteiger partial charge is 0.336 e. The Morgan fingerprint density at radius 2 is 1.53 bits per heavy atom. The predicted molar refractivity (Wildman–Crippen MR) is 75.7 cm³/mol. The molecule has 0 atom stereocenters. The summed E-state index contributed by atoms with van der Waals surface area (Å²) in [5.74, 6) is -1.10. The van der Waals surface area contributed by atoms with Crippen LogP contribution in [-0.4, -0.2) is 16.9 Å². The quantitative estimate of drug-likeness (QED) is 0.532. The molecule has 0 amide bonds. The van der Waals surface area contributed by atoms with E-state index in [0.717, 1.165) is 19.3 Å². The van der Waals surface area contributed by atoms with Crippen LogP contribution < -0.4 is 0 Å². The summed E-state index contributed by atoms with van der Waals surface area (Å²) in [6.45, 7) is 2.17. The first-order valence-corrected chi connectivity index (χ1v) is 7.02. The third-order valence-corrected chi connectivity index (χ3v) is 3.22. The molecule has 1 N–H and O–H groups in total. The zero-order chi connectivity index (χ0) is 14.1. The molecular formula is C16H22O3. The van der Waals surface area contributed by atoms with E-state index in [4.69, 9.17) is 5.11 Å². The van der Waals surface area contributed by atoms with Crippen LogP contribution in [0.1, 0.15) is 72.6 Å². The fraction of sp³-hybridized carbons (Fsp3) is 0.500. The number of rotatable bonds is 9. The maximum Gasteiger partial charge on any atom is 0.336 e. The molecule has 19 heavy (non-hydrogen) atoms. The number of benzene rings is 1. The lowest BCUT2D eigenvalue weighted by atomic mass is 9.99. The van der Waals surface area contributed by atoms with E-state index in [9.17, 15) is 9.59 Å². The Morgan fingerprint density at radius 1 is 0.947 bits per heavy atom. The summed E-state index contributed by atoms with van der Waals surface area (Å²) in [4.78, 5) is 23.0. The lowest BCUT2D eigenvalue weighted by Crippen LogP contribution is -2.08. The van der Waals surface area contributed by atoms with E-state index in [2.05, 4.69) is 6.92 Å². The van der Waals surface area contributed by atoms with Crippen molar-refractivity contribution in [2.45, 2.75) is 51.9 Å². The van der Waals surface area contributed by atoms with Gasteiger partial charge in [0.2, 0.25) is 0 Å². The zero-order valence-electron chi connectivity index (χ0n) is 11.5. The number of ketones is 1. The van der Waals surface area contributed by atoms with Gasteiger partial charge in [0.1, 0.15) is 0 Å². The molecule has 0 aromatic heterocycles. The van der Waals surface area contributed by atoms with Gasteiger partial charge in [0.05, 0.1) is 5.56 Å². The summed E-state index contributed by atoms with van der Waals surface area (Å²) < 4.78 is 0. The van der Waals surface area contributed by atoms with Gasteiger partial charge >= 0.3 is 5.97 Å². The first-order valence-electron chi connectivity index (χ1n) is 7.02. The number of Topliss-reactive ketones (excluding diaryl/α,β-unsaturated/α-hetero) is 1. The lowest BCUT2D eigenvalue weighted by molar-refractivity contribution is 0.0691. The van der Waals surface area contributed by atoms with Gasteiger partial charge in [-0.15, -0.1) is 0 Å². The first-order chi connectivity index (χ1) is 9.16. The highest BCUT2D eigenvalue weighted by molar-refractivity contribution is 6.05. The molecule has 0 unspecified atom stereocenters. The third-order valence-electron chi connectivity index (χ3n) is 3.22. The van der Waals surface area contributed by atoms with Crippen molar-refractivity contribution in [1.82, 2.24) is 0 Å². The van der Waals surface area contributed by atoms with Gasteiger partial charge in [-0.25, -0.2) is 4.79 Å². The second kappa shape index (κ2) is 8.46. The lowest BCUT2D eigenvalue weighted by Gasteiger charge is -2.05. The van der Waals surface area contributed by atoms with Crippen LogP contribution in [0.3, 0.4) is 0 Å². The molecule has 3 nitrogen and oxygen atoms in total. The molecular weight excluding hydrogens is 240 g/mol. The van der Waals surface area contributed by atoms with Crippen LogP contribution in [0.5, 0.6) is 0 Å². The Balaban J connectivity index is 2.43. The molecule has 0 aliphatic heterocycles. The van der Waals surface area contributed by atoms with Crippen LogP contribution in [0.2, 0.25) is 0 Å². The molecule has 0 fully saturated rings. The van der Waals surface area contributed by atoms with E-state index in [1.165, 1.54) is 25.3 Å². The standard InChI is InChI=1S/C16H22O3/c1-2-3-4-5-6-7-12-15(17)13-10-8-9-11-14(13)16(18)19/h8-11H,2-7,12H2,1H3,(H,18,19). The Kier molecular flexibility index (Phi) is 6.86. The minimum atomic E-state index is -1.04. The predicted octanol–water partition coefficient (Wildman–Crippen LogP) is 4.32. The van der Waals surface area contributed by atoms with Crippen LogP contribution in [0.25, 0.3) is 0 Å². The molecule has 0 radical (unpaired) electrons. The highest BCUT2D eigenvalue weighted by Crippen LogP contribution is 2.14. The Labute approximate surface area is 114 Å². The van der Waals surface area contributed by atoms with E-state index in [1.54, 1.807) is 18.2 Å². The summed E-state index contributed by atoms with van der Waals surface area (Å²) in [6, 6.07) is 6.44. The zero-order valence-corrected chi connectivity index (χ0v) is 11.5. The van der Waals surface area contributed by atoms with Gasteiger partial charge in [-0.1, -0.05) is 57.2 Å². The molecule has 0 aliphatic carbocycles. The second-order valence-electron chi connectivity index (χ2n) is 4.79. The van der Waals surface area contributed by atoms with Crippen molar-refractivity contribution in [2.24, 2.45) is 0 Å².